The second-order valence-electron chi connectivity index (χ2n) is 19.5. The molecule has 0 saturated carbocycles. The van der Waals surface area contributed by atoms with E-state index in [0.29, 0.717) is 65.1 Å². The SMILES string of the molecule is Cc1nn(C2CCC(=O)NC2=O)c(=O)c2ccc(N3CCC(NC4CCN(CC(=O)N5CCC(COc6cnc(-c7cccc(Cn8nc(-c9cccc(C#N)c9)ccc8=O)c7)nc6)CC5)CC4)CC3)cc12. The largest absolute Gasteiger partial charge is 0.490 e. The van der Waals surface area contributed by atoms with Crippen LogP contribution < -0.4 is 31.4 Å². The minimum absolute atomic E-state index is 0.178. The summed E-state index contributed by atoms with van der Waals surface area (Å²) < 4.78 is 8.77. The number of hydrogen-bond acceptors (Lipinski definition) is 14. The van der Waals surface area contributed by atoms with E-state index in [4.69, 9.17) is 4.74 Å². The highest BCUT2D eigenvalue weighted by atomic mass is 16.5. The Hall–Kier alpha value is -7.62. The molecule has 3 aromatic carbocycles. The summed E-state index contributed by atoms with van der Waals surface area (Å²) in [6, 6.07) is 26.0. The third-order valence-corrected chi connectivity index (χ3v) is 14.6. The minimum Gasteiger partial charge on any atom is -0.490 e. The zero-order valence-corrected chi connectivity index (χ0v) is 40.4. The van der Waals surface area contributed by atoms with E-state index < -0.39 is 11.9 Å². The van der Waals surface area contributed by atoms with Crippen LogP contribution in [-0.4, -0.2) is 122 Å². The van der Waals surface area contributed by atoms with E-state index in [1.54, 1.807) is 36.7 Å². The van der Waals surface area contributed by atoms with Crippen molar-refractivity contribution < 1.29 is 19.1 Å². The van der Waals surface area contributed by atoms with E-state index in [-0.39, 0.29) is 42.3 Å². The van der Waals surface area contributed by atoms with Gasteiger partial charge in [-0.15, -0.1) is 0 Å². The number of piperidine rings is 4. The number of benzene rings is 3. The number of aromatic nitrogens is 6. The van der Waals surface area contributed by atoms with Crippen LogP contribution in [0.25, 0.3) is 33.4 Å². The number of aryl methyl sites for hydroxylation is 1. The Bertz CT molecular complexity index is 3140. The van der Waals surface area contributed by atoms with Crippen LogP contribution >= 0.6 is 0 Å². The number of likely N-dealkylation sites (tertiary alicyclic amines) is 2. The highest BCUT2D eigenvalue weighted by Gasteiger charge is 2.32. The molecule has 0 radical (unpaired) electrons. The number of nitrogens with one attached hydrogen (secondary N) is 2. The maximum atomic E-state index is 13.4. The van der Waals surface area contributed by atoms with E-state index in [2.05, 4.69) is 46.7 Å². The first-order valence-electron chi connectivity index (χ1n) is 25.0. The quantitative estimate of drug-likeness (QED) is 0.151. The molecular weight excluding hydrogens is 913 g/mol. The molecule has 3 aromatic heterocycles. The summed E-state index contributed by atoms with van der Waals surface area (Å²) in [4.78, 5) is 79.6. The van der Waals surface area contributed by atoms with E-state index in [1.165, 1.54) is 15.4 Å². The summed E-state index contributed by atoms with van der Waals surface area (Å²) in [6.45, 7) is 8.09. The van der Waals surface area contributed by atoms with Gasteiger partial charge >= 0.3 is 0 Å². The van der Waals surface area contributed by atoms with Crippen LogP contribution in [0.3, 0.4) is 0 Å². The summed E-state index contributed by atoms with van der Waals surface area (Å²) in [5, 5.41) is 25.9. The van der Waals surface area contributed by atoms with Crippen LogP contribution in [0.2, 0.25) is 0 Å². The van der Waals surface area contributed by atoms with E-state index in [1.807, 2.05) is 60.4 Å². The molecule has 1 atom stereocenters. The van der Waals surface area contributed by atoms with E-state index >= 15 is 0 Å². The van der Waals surface area contributed by atoms with Crippen molar-refractivity contribution in [2.24, 2.45) is 5.92 Å². The average molecular weight is 971 g/mol. The third-order valence-electron chi connectivity index (χ3n) is 14.6. The molecule has 18 nitrogen and oxygen atoms in total. The molecule has 72 heavy (non-hydrogen) atoms. The first-order chi connectivity index (χ1) is 35.0. The van der Waals surface area contributed by atoms with Gasteiger partial charge in [-0.3, -0.25) is 34.2 Å². The molecule has 4 saturated heterocycles. The van der Waals surface area contributed by atoms with Gasteiger partial charge in [0, 0.05) is 86.0 Å². The fourth-order valence-corrected chi connectivity index (χ4v) is 10.5. The second kappa shape index (κ2) is 21.4. The molecule has 0 aliphatic carbocycles. The summed E-state index contributed by atoms with van der Waals surface area (Å²) in [6.07, 6.45) is 9.58. The third kappa shape index (κ3) is 11.0. The summed E-state index contributed by atoms with van der Waals surface area (Å²) in [7, 11) is 0. The average Bonchev–Trinajstić information content (AvgIpc) is 3.41. The van der Waals surface area contributed by atoms with Crippen LogP contribution in [0.4, 0.5) is 5.69 Å². The molecule has 370 valence electrons. The number of carbonyl (C=O) groups excluding carboxylic acids is 3. The van der Waals surface area contributed by atoms with Gasteiger partial charge in [-0.2, -0.15) is 15.5 Å². The number of rotatable bonds is 13. The van der Waals surface area contributed by atoms with Gasteiger partial charge in [0.05, 0.1) is 60.5 Å². The first-order valence-corrected chi connectivity index (χ1v) is 25.0. The topological polar surface area (TPSA) is 214 Å². The van der Waals surface area contributed by atoms with Crippen molar-refractivity contribution in [2.45, 2.75) is 83.0 Å². The van der Waals surface area contributed by atoms with Crippen molar-refractivity contribution in [2.75, 3.05) is 57.3 Å². The van der Waals surface area contributed by atoms with Gasteiger partial charge in [-0.1, -0.05) is 30.3 Å². The molecule has 3 amide bonds. The van der Waals surface area contributed by atoms with Gasteiger partial charge in [0.1, 0.15) is 6.04 Å². The molecule has 4 aliphatic heterocycles. The molecule has 10 rings (SSSR count). The number of nitriles is 1. The van der Waals surface area contributed by atoms with Crippen LogP contribution in [-0.2, 0) is 20.9 Å². The maximum Gasteiger partial charge on any atom is 0.275 e. The van der Waals surface area contributed by atoms with Crippen molar-refractivity contribution >= 4 is 34.2 Å². The Morgan fingerprint density at radius 2 is 1.53 bits per heavy atom. The number of amides is 3. The van der Waals surface area contributed by atoms with Crippen molar-refractivity contribution in [3.05, 3.63) is 129 Å². The highest BCUT2D eigenvalue weighted by Crippen LogP contribution is 2.28. The Morgan fingerprint density at radius 1 is 0.792 bits per heavy atom. The predicted molar refractivity (Wildman–Crippen MR) is 270 cm³/mol. The fraction of sp³-hybridized carbons (Fsp3) is 0.407. The standard InChI is InChI=1S/C54H58N12O6/c1-35-46-28-43(8-9-45(46)54(71)66(60-35)48-11-12-49(67)59-53(48)70)63-24-18-42(19-25-63)58-41-16-20-62(21-17-41)33-51(69)64-22-14-36(15-23-64)34-72-44-30-56-52(57-31-44)40-7-3-5-38(27-40)32-65-50(68)13-10-47(61-65)39-6-2-4-37(26-39)29-55/h2-10,13,26-28,30-31,36,41-42,48,58H,11-12,14-25,32-34H2,1H3,(H,59,67,70). The number of ether oxygens (including phenoxy) is 1. The fourth-order valence-electron chi connectivity index (χ4n) is 10.5. The van der Waals surface area contributed by atoms with Gasteiger partial charge in [0.2, 0.25) is 11.8 Å². The van der Waals surface area contributed by atoms with Crippen molar-refractivity contribution in [3.8, 4) is 34.5 Å². The molecule has 0 bridgehead atoms. The number of nitrogens with zero attached hydrogens (tertiary/aromatic N) is 10. The minimum atomic E-state index is -0.794. The maximum absolute atomic E-state index is 13.4. The molecule has 6 aromatic rings. The smallest absolute Gasteiger partial charge is 0.275 e. The normalized spacial score (nSPS) is 18.5. The lowest BCUT2D eigenvalue weighted by atomic mass is 9.97. The summed E-state index contributed by atoms with van der Waals surface area (Å²) in [5.74, 6) is 0.829. The Labute approximate surface area is 416 Å². The number of carbonyl (C=O) groups is 3. The lowest BCUT2D eigenvalue weighted by Crippen LogP contribution is -2.51. The molecular formula is C54H58N12O6. The predicted octanol–water partition coefficient (Wildman–Crippen LogP) is 4.62. The van der Waals surface area contributed by atoms with Crippen LogP contribution in [0, 0.1) is 24.2 Å². The van der Waals surface area contributed by atoms with Gasteiger partial charge in [-0.05, 0) is 106 Å². The zero-order valence-electron chi connectivity index (χ0n) is 40.4. The van der Waals surface area contributed by atoms with E-state index in [0.717, 1.165) is 106 Å². The molecule has 4 aliphatic rings. The van der Waals surface area contributed by atoms with Crippen molar-refractivity contribution in [1.82, 2.24) is 50.0 Å². The van der Waals surface area contributed by atoms with Crippen LogP contribution in [0.15, 0.2) is 101 Å². The lowest BCUT2D eigenvalue weighted by molar-refractivity contribution is -0.136. The number of anilines is 1. The molecule has 0 spiro atoms. The van der Waals surface area contributed by atoms with Gasteiger partial charge in [0.15, 0.2) is 11.6 Å². The number of hydrogen-bond donors (Lipinski definition) is 2. The molecule has 2 N–H and O–H groups in total. The van der Waals surface area contributed by atoms with Crippen molar-refractivity contribution in [3.63, 3.8) is 0 Å². The van der Waals surface area contributed by atoms with E-state index in [9.17, 15) is 29.2 Å². The lowest BCUT2D eigenvalue weighted by Gasteiger charge is -2.39. The first kappa shape index (κ1) is 48.0. The molecule has 4 fully saturated rings. The Kier molecular flexibility index (Phi) is 14.3. The Balaban J connectivity index is 0.628. The Morgan fingerprint density at radius 3 is 2.28 bits per heavy atom. The summed E-state index contributed by atoms with van der Waals surface area (Å²) >= 11 is 0. The van der Waals surface area contributed by atoms with Crippen LogP contribution in [0.1, 0.15) is 74.2 Å². The number of imide groups is 1. The molecule has 18 heteroatoms. The van der Waals surface area contributed by atoms with Gasteiger partial charge in [-0.25, -0.2) is 19.3 Å². The monoisotopic (exact) mass is 970 g/mol. The van der Waals surface area contributed by atoms with Gasteiger partial charge in [0.25, 0.3) is 17.0 Å². The van der Waals surface area contributed by atoms with Crippen LogP contribution in [0.5, 0.6) is 5.75 Å². The highest BCUT2D eigenvalue weighted by molar-refractivity contribution is 5.99. The zero-order chi connectivity index (χ0) is 49.7. The molecule has 1 unspecified atom stereocenters. The molecule has 7 heterocycles. The summed E-state index contributed by atoms with van der Waals surface area (Å²) in [5.41, 5.74) is 4.72. The van der Waals surface area contributed by atoms with Crippen molar-refractivity contribution in [1.29, 1.82) is 5.26 Å². The number of fused-ring (bicyclic) bond motifs is 1. The van der Waals surface area contributed by atoms with Gasteiger partial charge < -0.3 is 19.9 Å². The second-order valence-corrected chi connectivity index (χ2v) is 19.5.